The minimum absolute atomic E-state index is 0.176. The molecule has 0 amide bonds. The molecule has 16 heavy (non-hydrogen) atoms. The van der Waals surface area contributed by atoms with Crippen LogP contribution >= 0.6 is 0 Å². The Balaban J connectivity index is 2.69. The van der Waals surface area contributed by atoms with Crippen LogP contribution in [0.2, 0.25) is 0 Å². The van der Waals surface area contributed by atoms with Crippen LogP contribution in [-0.4, -0.2) is 22.5 Å². The van der Waals surface area contributed by atoms with Gasteiger partial charge in [-0.25, -0.2) is 0 Å². The van der Waals surface area contributed by atoms with Gasteiger partial charge in [0, 0.05) is 16.1 Å². The number of nitrogens with zero attached hydrogens (tertiary/aromatic N) is 1. The standard InChI is InChI=1S/C11H9NO4/c1-5-3-4-7-8(6(5)2)11(14)9(10(7)13)12(15)16/h3-4,9H,1-2H3. The topological polar surface area (TPSA) is 77.3 Å². The third-order valence-corrected chi connectivity index (χ3v) is 2.96. The van der Waals surface area contributed by atoms with Crippen LogP contribution in [-0.2, 0) is 0 Å². The van der Waals surface area contributed by atoms with E-state index in [0.717, 1.165) is 5.56 Å². The zero-order chi connectivity index (χ0) is 12.0. The molecule has 0 aliphatic heterocycles. The fourth-order valence-corrected chi connectivity index (χ4v) is 1.93. The van der Waals surface area contributed by atoms with E-state index in [0.29, 0.717) is 5.56 Å². The van der Waals surface area contributed by atoms with E-state index >= 15 is 0 Å². The molecule has 1 aromatic rings. The summed E-state index contributed by atoms with van der Waals surface area (Å²) in [6.07, 6.45) is 0. The molecule has 5 nitrogen and oxygen atoms in total. The van der Waals surface area contributed by atoms with Crippen LogP contribution < -0.4 is 0 Å². The average molecular weight is 219 g/mol. The maximum Gasteiger partial charge on any atom is 0.336 e. The monoisotopic (exact) mass is 219 g/mol. The van der Waals surface area contributed by atoms with Crippen LogP contribution in [0.4, 0.5) is 0 Å². The summed E-state index contributed by atoms with van der Waals surface area (Å²) in [7, 11) is 0. The van der Waals surface area contributed by atoms with Gasteiger partial charge in [-0.3, -0.25) is 19.7 Å². The molecule has 1 aromatic carbocycles. The molecule has 0 radical (unpaired) electrons. The summed E-state index contributed by atoms with van der Waals surface area (Å²) < 4.78 is 0. The molecule has 1 aliphatic carbocycles. The number of nitro groups is 1. The average Bonchev–Trinajstić information content (AvgIpc) is 2.45. The molecule has 5 heteroatoms. The van der Waals surface area contributed by atoms with Crippen molar-refractivity contribution in [3.63, 3.8) is 0 Å². The van der Waals surface area contributed by atoms with Gasteiger partial charge in [-0.15, -0.1) is 0 Å². The third kappa shape index (κ3) is 1.18. The van der Waals surface area contributed by atoms with E-state index in [1.165, 1.54) is 6.07 Å². The Morgan fingerprint density at radius 2 is 1.81 bits per heavy atom. The van der Waals surface area contributed by atoms with Gasteiger partial charge in [0.25, 0.3) is 0 Å². The van der Waals surface area contributed by atoms with Gasteiger partial charge in [0.2, 0.25) is 11.6 Å². The number of carbonyl (C=O) groups is 2. The van der Waals surface area contributed by atoms with Gasteiger partial charge in [0.15, 0.2) is 0 Å². The van der Waals surface area contributed by atoms with Crippen LogP contribution in [0, 0.1) is 24.0 Å². The largest absolute Gasteiger partial charge is 0.336 e. The van der Waals surface area contributed by atoms with Gasteiger partial charge >= 0.3 is 6.04 Å². The van der Waals surface area contributed by atoms with E-state index in [4.69, 9.17) is 0 Å². The van der Waals surface area contributed by atoms with Crippen LogP contribution in [0.5, 0.6) is 0 Å². The van der Waals surface area contributed by atoms with E-state index in [2.05, 4.69) is 0 Å². The van der Waals surface area contributed by atoms with E-state index in [1.54, 1.807) is 19.9 Å². The summed E-state index contributed by atoms with van der Waals surface area (Å²) in [4.78, 5) is 33.2. The summed E-state index contributed by atoms with van der Waals surface area (Å²) in [5, 5.41) is 10.7. The van der Waals surface area contributed by atoms with Crippen molar-refractivity contribution >= 4 is 11.6 Å². The first-order valence-corrected chi connectivity index (χ1v) is 4.77. The molecule has 0 saturated heterocycles. The van der Waals surface area contributed by atoms with Gasteiger partial charge < -0.3 is 0 Å². The van der Waals surface area contributed by atoms with E-state index in [9.17, 15) is 19.7 Å². The molecule has 0 fully saturated rings. The molecule has 0 heterocycles. The predicted octanol–water partition coefficient (Wildman–Crippen LogP) is 1.33. The number of hydrogen-bond donors (Lipinski definition) is 0. The highest BCUT2D eigenvalue weighted by Crippen LogP contribution is 2.28. The van der Waals surface area contributed by atoms with Crippen molar-refractivity contribution in [3.8, 4) is 0 Å². The second kappa shape index (κ2) is 3.23. The Hall–Kier alpha value is -2.04. The maximum atomic E-state index is 11.8. The molecular weight excluding hydrogens is 210 g/mol. The smallest absolute Gasteiger partial charge is 0.286 e. The Morgan fingerprint density at radius 1 is 1.19 bits per heavy atom. The maximum absolute atomic E-state index is 11.8. The number of fused-ring (bicyclic) bond motifs is 1. The molecule has 0 saturated carbocycles. The molecule has 0 bridgehead atoms. The van der Waals surface area contributed by atoms with Crippen LogP contribution in [0.1, 0.15) is 31.8 Å². The molecule has 0 aromatic heterocycles. The molecular formula is C11H9NO4. The minimum atomic E-state index is -1.74. The summed E-state index contributed by atoms with van der Waals surface area (Å²) in [6, 6.07) is 1.44. The van der Waals surface area contributed by atoms with Crippen molar-refractivity contribution in [1.82, 2.24) is 0 Å². The Kier molecular flexibility index (Phi) is 2.11. The third-order valence-electron chi connectivity index (χ3n) is 2.96. The Bertz CT molecular complexity index is 533. The number of aryl methyl sites for hydroxylation is 1. The number of benzene rings is 1. The van der Waals surface area contributed by atoms with E-state index in [-0.39, 0.29) is 11.1 Å². The summed E-state index contributed by atoms with van der Waals surface area (Å²) in [5.41, 5.74) is 1.89. The second-order valence-electron chi connectivity index (χ2n) is 3.85. The number of rotatable bonds is 1. The van der Waals surface area contributed by atoms with Crippen molar-refractivity contribution in [3.05, 3.63) is 44.5 Å². The van der Waals surface area contributed by atoms with Crippen molar-refractivity contribution < 1.29 is 14.5 Å². The summed E-state index contributed by atoms with van der Waals surface area (Å²) >= 11 is 0. The quantitative estimate of drug-likeness (QED) is 0.405. The fourth-order valence-electron chi connectivity index (χ4n) is 1.93. The van der Waals surface area contributed by atoms with Gasteiger partial charge in [-0.05, 0) is 25.0 Å². The lowest BCUT2D eigenvalue weighted by molar-refractivity contribution is -0.488. The summed E-state index contributed by atoms with van der Waals surface area (Å²) in [6.45, 7) is 3.49. The van der Waals surface area contributed by atoms with Crippen molar-refractivity contribution in [2.45, 2.75) is 19.9 Å². The molecule has 2 rings (SSSR count). The van der Waals surface area contributed by atoms with Crippen LogP contribution in [0.3, 0.4) is 0 Å². The number of ketones is 2. The van der Waals surface area contributed by atoms with Crippen molar-refractivity contribution in [1.29, 1.82) is 0 Å². The highest BCUT2D eigenvalue weighted by atomic mass is 16.6. The number of carbonyl (C=O) groups excluding carboxylic acids is 2. The van der Waals surface area contributed by atoms with Crippen molar-refractivity contribution in [2.24, 2.45) is 0 Å². The molecule has 0 spiro atoms. The zero-order valence-electron chi connectivity index (χ0n) is 8.81. The highest BCUT2D eigenvalue weighted by molar-refractivity contribution is 6.29. The van der Waals surface area contributed by atoms with E-state index in [1.807, 2.05) is 0 Å². The first-order valence-electron chi connectivity index (χ1n) is 4.77. The first kappa shape index (κ1) is 10.5. The molecule has 1 aliphatic rings. The van der Waals surface area contributed by atoms with E-state index < -0.39 is 22.5 Å². The number of Topliss-reactive ketones (excluding diaryl/α,β-unsaturated/α-hetero) is 2. The lowest BCUT2D eigenvalue weighted by Crippen LogP contribution is -2.31. The molecule has 0 N–H and O–H groups in total. The molecule has 82 valence electrons. The minimum Gasteiger partial charge on any atom is -0.286 e. The second-order valence-corrected chi connectivity index (χ2v) is 3.85. The fraction of sp³-hybridized carbons (Fsp3) is 0.273. The number of hydrogen-bond acceptors (Lipinski definition) is 4. The van der Waals surface area contributed by atoms with Gasteiger partial charge in [-0.2, -0.15) is 0 Å². The van der Waals surface area contributed by atoms with Gasteiger partial charge in [0.1, 0.15) is 0 Å². The normalized spacial score (nSPS) is 18.8. The lowest BCUT2D eigenvalue weighted by Gasteiger charge is -2.03. The van der Waals surface area contributed by atoms with Gasteiger partial charge in [-0.1, -0.05) is 12.1 Å². The highest BCUT2D eigenvalue weighted by Gasteiger charge is 2.48. The van der Waals surface area contributed by atoms with Crippen LogP contribution in [0.15, 0.2) is 12.1 Å². The predicted molar refractivity (Wildman–Crippen MR) is 55.4 cm³/mol. The van der Waals surface area contributed by atoms with Crippen LogP contribution in [0.25, 0.3) is 0 Å². The molecule has 1 unspecified atom stereocenters. The van der Waals surface area contributed by atoms with Crippen molar-refractivity contribution in [2.75, 3.05) is 0 Å². The molecule has 1 atom stereocenters. The Labute approximate surface area is 91.2 Å². The zero-order valence-corrected chi connectivity index (χ0v) is 8.81. The Morgan fingerprint density at radius 3 is 2.38 bits per heavy atom. The van der Waals surface area contributed by atoms with Gasteiger partial charge in [0.05, 0.1) is 0 Å². The first-order chi connectivity index (χ1) is 7.45. The SMILES string of the molecule is Cc1ccc2c(c1C)C(=O)C([N+](=O)[O-])C2=O. The lowest BCUT2D eigenvalue weighted by atomic mass is 9.99. The summed E-state index contributed by atoms with van der Waals surface area (Å²) in [5.74, 6) is -1.39.